The zero-order valence-corrected chi connectivity index (χ0v) is 9.25. The van der Waals surface area contributed by atoms with Crippen molar-refractivity contribution in [3.8, 4) is 0 Å². The molecule has 0 rings (SSSR count). The van der Waals surface area contributed by atoms with Gasteiger partial charge in [0.1, 0.15) is 0 Å². The fraction of sp³-hybridized carbons (Fsp3) is 0.500. The van der Waals surface area contributed by atoms with Crippen molar-refractivity contribution in [2.45, 2.75) is 33.7 Å². The smallest absolute Gasteiger partial charge is 0.0274 e. The van der Waals surface area contributed by atoms with Gasteiger partial charge >= 0.3 is 0 Å². The summed E-state index contributed by atoms with van der Waals surface area (Å²) in [6, 6.07) is 0.450. The Morgan fingerprint density at radius 1 is 1.15 bits per heavy atom. The summed E-state index contributed by atoms with van der Waals surface area (Å²) in [6.45, 7) is 16.2. The molecule has 74 valence electrons. The minimum Gasteiger partial charge on any atom is -0.352 e. The molecule has 1 nitrogen and oxygen atoms in total. The average molecular weight is 179 g/mol. The molecule has 0 aliphatic carbocycles. The van der Waals surface area contributed by atoms with Gasteiger partial charge in [0.15, 0.2) is 0 Å². The largest absolute Gasteiger partial charge is 0.352 e. The third-order valence-electron chi connectivity index (χ3n) is 2.01. The van der Waals surface area contributed by atoms with Crippen LogP contribution in [0.15, 0.2) is 37.2 Å². The molecule has 0 radical (unpaired) electrons. The lowest BCUT2D eigenvalue weighted by atomic mass is 10.0. The highest BCUT2D eigenvalue weighted by Gasteiger charge is 2.03. The van der Waals surface area contributed by atoms with Crippen LogP contribution >= 0.6 is 0 Å². The van der Waals surface area contributed by atoms with Crippen molar-refractivity contribution >= 4 is 0 Å². The van der Waals surface area contributed by atoms with Crippen molar-refractivity contribution in [2.24, 2.45) is 5.92 Å². The van der Waals surface area contributed by atoms with E-state index in [9.17, 15) is 0 Å². The molecule has 0 bridgehead atoms. The highest BCUT2D eigenvalue weighted by Crippen LogP contribution is 2.13. The molecule has 0 aromatic heterocycles. The van der Waals surface area contributed by atoms with Crippen molar-refractivity contribution in [3.05, 3.63) is 37.2 Å². The van der Waals surface area contributed by atoms with Gasteiger partial charge in [0.05, 0.1) is 0 Å². The molecule has 0 saturated carbocycles. The van der Waals surface area contributed by atoms with E-state index in [0.29, 0.717) is 12.0 Å². The van der Waals surface area contributed by atoms with Crippen LogP contribution in [0.25, 0.3) is 0 Å². The molecule has 0 unspecified atom stereocenters. The van der Waals surface area contributed by atoms with Crippen molar-refractivity contribution in [2.75, 3.05) is 0 Å². The zero-order chi connectivity index (χ0) is 10.4. The van der Waals surface area contributed by atoms with Gasteiger partial charge in [-0.25, -0.2) is 0 Å². The lowest BCUT2D eigenvalue weighted by Gasteiger charge is -2.22. The Labute approximate surface area is 82.4 Å². The minimum absolute atomic E-state index is 0.450. The van der Waals surface area contributed by atoms with Crippen molar-refractivity contribution in [3.63, 3.8) is 0 Å². The summed E-state index contributed by atoms with van der Waals surface area (Å²) in [4.78, 5) is 2.09. The van der Waals surface area contributed by atoms with Gasteiger partial charge in [0.2, 0.25) is 0 Å². The van der Waals surface area contributed by atoms with E-state index in [1.54, 1.807) is 0 Å². The first-order chi connectivity index (χ1) is 6.02. The molecule has 0 heterocycles. The minimum atomic E-state index is 0.450. The van der Waals surface area contributed by atoms with Crippen molar-refractivity contribution in [1.82, 2.24) is 4.90 Å². The lowest BCUT2D eigenvalue weighted by Crippen LogP contribution is -2.19. The predicted molar refractivity (Wildman–Crippen MR) is 60.3 cm³/mol. The van der Waals surface area contributed by atoms with Crippen LogP contribution in [0, 0.1) is 5.92 Å². The van der Waals surface area contributed by atoms with E-state index in [1.807, 2.05) is 12.3 Å². The standard InChI is InChI=1S/C12H21N/c1-7-12(10(3)4)9-13(8-2)11(5)6/h7-11H,1-2H2,3-6H3/b12-9+. The summed E-state index contributed by atoms with van der Waals surface area (Å²) < 4.78 is 0. The van der Waals surface area contributed by atoms with Gasteiger partial charge in [-0.3, -0.25) is 0 Å². The molecule has 0 N–H and O–H groups in total. The first kappa shape index (κ1) is 12.0. The van der Waals surface area contributed by atoms with Gasteiger partial charge in [0, 0.05) is 12.2 Å². The van der Waals surface area contributed by atoms with E-state index >= 15 is 0 Å². The highest BCUT2D eigenvalue weighted by atomic mass is 15.1. The van der Waals surface area contributed by atoms with E-state index < -0.39 is 0 Å². The molecule has 0 saturated heterocycles. The molecular weight excluding hydrogens is 158 g/mol. The second kappa shape index (κ2) is 5.63. The Morgan fingerprint density at radius 2 is 1.69 bits per heavy atom. The number of rotatable bonds is 5. The first-order valence-electron chi connectivity index (χ1n) is 4.77. The topological polar surface area (TPSA) is 3.24 Å². The second-order valence-electron chi connectivity index (χ2n) is 3.71. The van der Waals surface area contributed by atoms with Gasteiger partial charge in [0.25, 0.3) is 0 Å². The molecule has 1 heteroatoms. The van der Waals surface area contributed by atoms with Crippen LogP contribution in [0.2, 0.25) is 0 Å². The summed E-state index contributed by atoms with van der Waals surface area (Å²) in [7, 11) is 0. The normalized spacial score (nSPS) is 12.0. The van der Waals surface area contributed by atoms with E-state index in [1.165, 1.54) is 5.57 Å². The van der Waals surface area contributed by atoms with Crippen LogP contribution in [0.3, 0.4) is 0 Å². The highest BCUT2D eigenvalue weighted by molar-refractivity contribution is 5.18. The van der Waals surface area contributed by atoms with Crippen molar-refractivity contribution in [1.29, 1.82) is 0 Å². The van der Waals surface area contributed by atoms with E-state index in [-0.39, 0.29) is 0 Å². The third kappa shape index (κ3) is 3.97. The molecule has 0 fully saturated rings. The molecular formula is C12H21N. The van der Waals surface area contributed by atoms with Crippen LogP contribution in [0.1, 0.15) is 27.7 Å². The van der Waals surface area contributed by atoms with Gasteiger partial charge < -0.3 is 4.90 Å². The average Bonchev–Trinajstić information content (AvgIpc) is 2.05. The zero-order valence-electron chi connectivity index (χ0n) is 9.25. The summed E-state index contributed by atoms with van der Waals surface area (Å²) in [6.07, 6.45) is 5.86. The Balaban J connectivity index is 4.63. The predicted octanol–water partition coefficient (Wildman–Crippen LogP) is 3.57. The summed E-state index contributed by atoms with van der Waals surface area (Å²) in [5.41, 5.74) is 1.24. The number of allylic oxidation sites excluding steroid dienone is 2. The summed E-state index contributed by atoms with van der Waals surface area (Å²) in [5, 5.41) is 0. The van der Waals surface area contributed by atoms with Gasteiger partial charge in [-0.05, 0) is 31.5 Å². The van der Waals surface area contributed by atoms with Gasteiger partial charge in [-0.1, -0.05) is 33.1 Å². The maximum absolute atomic E-state index is 3.80. The molecule has 0 spiro atoms. The maximum Gasteiger partial charge on any atom is 0.0274 e. The van der Waals surface area contributed by atoms with Gasteiger partial charge in [-0.2, -0.15) is 0 Å². The molecule has 13 heavy (non-hydrogen) atoms. The molecule has 0 amide bonds. The van der Waals surface area contributed by atoms with Crippen LogP contribution in [-0.2, 0) is 0 Å². The van der Waals surface area contributed by atoms with Crippen LogP contribution < -0.4 is 0 Å². The maximum atomic E-state index is 3.80. The summed E-state index contributed by atoms with van der Waals surface area (Å²) >= 11 is 0. The fourth-order valence-corrected chi connectivity index (χ4v) is 1.02. The van der Waals surface area contributed by atoms with Crippen LogP contribution in [0.5, 0.6) is 0 Å². The fourth-order valence-electron chi connectivity index (χ4n) is 1.02. The molecule has 0 aromatic rings. The molecule has 0 aliphatic heterocycles. The number of nitrogens with zero attached hydrogens (tertiary/aromatic N) is 1. The summed E-state index contributed by atoms with van der Waals surface area (Å²) in [5.74, 6) is 0.513. The Bertz CT molecular complexity index is 199. The first-order valence-corrected chi connectivity index (χ1v) is 4.77. The molecule has 0 aliphatic rings. The molecule has 0 atom stereocenters. The quantitative estimate of drug-likeness (QED) is 0.583. The van der Waals surface area contributed by atoms with E-state index in [0.717, 1.165) is 0 Å². The Morgan fingerprint density at radius 3 is 1.92 bits per heavy atom. The van der Waals surface area contributed by atoms with Crippen LogP contribution in [-0.4, -0.2) is 10.9 Å². The van der Waals surface area contributed by atoms with Crippen LogP contribution in [0.4, 0.5) is 0 Å². The lowest BCUT2D eigenvalue weighted by molar-refractivity contribution is 0.413. The Kier molecular flexibility index (Phi) is 5.20. The number of hydrogen-bond acceptors (Lipinski definition) is 1. The molecule has 0 aromatic carbocycles. The van der Waals surface area contributed by atoms with E-state index in [2.05, 4.69) is 52.0 Å². The van der Waals surface area contributed by atoms with Crippen molar-refractivity contribution < 1.29 is 0 Å². The Hall–Kier alpha value is -0.980. The van der Waals surface area contributed by atoms with E-state index in [4.69, 9.17) is 0 Å². The second-order valence-corrected chi connectivity index (χ2v) is 3.71. The SMILES string of the molecule is C=C/C(=C\N(C=C)C(C)C)C(C)C. The number of hydrogen-bond donors (Lipinski definition) is 0. The monoisotopic (exact) mass is 179 g/mol. The third-order valence-corrected chi connectivity index (χ3v) is 2.01. The van der Waals surface area contributed by atoms with Gasteiger partial charge in [-0.15, -0.1) is 0 Å².